The molecule has 0 aliphatic rings. The van der Waals surface area contributed by atoms with E-state index in [1.165, 1.54) is 11.1 Å². The van der Waals surface area contributed by atoms with Gasteiger partial charge in [-0.15, -0.1) is 0 Å². The molecule has 2 aromatic heterocycles. The van der Waals surface area contributed by atoms with Crippen LogP contribution in [0.5, 0.6) is 0 Å². The maximum absolute atomic E-state index is 6.47. The Hall–Kier alpha value is -2.58. The van der Waals surface area contributed by atoms with Crippen molar-refractivity contribution in [3.63, 3.8) is 0 Å². The molecule has 4 aromatic rings. The highest BCUT2D eigenvalue weighted by Crippen LogP contribution is 2.33. The molecule has 0 unspecified atom stereocenters. The van der Waals surface area contributed by atoms with E-state index in [2.05, 4.69) is 69.3 Å². The summed E-state index contributed by atoms with van der Waals surface area (Å²) in [6, 6.07) is 20.9. The number of benzene rings is 2. The van der Waals surface area contributed by atoms with Gasteiger partial charge in [-0.1, -0.05) is 65.2 Å². The molecule has 0 bridgehead atoms. The largest absolute Gasteiger partial charge is 0.232 e. The highest BCUT2D eigenvalue weighted by molar-refractivity contribution is 6.31. The minimum Gasteiger partial charge on any atom is -0.232 e. The van der Waals surface area contributed by atoms with E-state index in [9.17, 15) is 0 Å². The summed E-state index contributed by atoms with van der Waals surface area (Å²) < 4.78 is 2.01. The van der Waals surface area contributed by atoms with Gasteiger partial charge in [0.1, 0.15) is 0 Å². The summed E-state index contributed by atoms with van der Waals surface area (Å²) in [6.45, 7) is 6.24. The Kier molecular flexibility index (Phi) is 3.85. The summed E-state index contributed by atoms with van der Waals surface area (Å²) in [6.07, 6.45) is 0. The average Bonchev–Trinajstić information content (AvgIpc) is 2.91. The molecule has 2 heterocycles. The van der Waals surface area contributed by atoms with Crippen molar-refractivity contribution in [1.29, 1.82) is 0 Å². The molecular formula is C22H19ClN2. The van der Waals surface area contributed by atoms with Crippen LogP contribution in [0.25, 0.3) is 27.9 Å². The fraction of sp³-hybridized carbons (Fsp3) is 0.136. The van der Waals surface area contributed by atoms with E-state index in [1.807, 2.05) is 16.6 Å². The van der Waals surface area contributed by atoms with Gasteiger partial charge in [0.25, 0.3) is 0 Å². The van der Waals surface area contributed by atoms with Crippen molar-refractivity contribution in [3.8, 4) is 22.4 Å². The maximum Gasteiger partial charge on any atom is 0.0765 e. The van der Waals surface area contributed by atoms with Gasteiger partial charge >= 0.3 is 0 Å². The van der Waals surface area contributed by atoms with Crippen LogP contribution in [-0.4, -0.2) is 9.61 Å². The lowest BCUT2D eigenvalue weighted by Crippen LogP contribution is -1.94. The van der Waals surface area contributed by atoms with E-state index in [-0.39, 0.29) is 0 Å². The molecule has 0 saturated carbocycles. The third kappa shape index (κ3) is 2.83. The number of halogens is 1. The van der Waals surface area contributed by atoms with Crippen molar-refractivity contribution in [2.24, 2.45) is 0 Å². The third-order valence-corrected chi connectivity index (χ3v) is 4.75. The first kappa shape index (κ1) is 15.9. The molecule has 124 valence electrons. The van der Waals surface area contributed by atoms with Crippen LogP contribution < -0.4 is 0 Å². The predicted octanol–water partition coefficient (Wildman–Crippen LogP) is 6.25. The zero-order valence-corrected chi connectivity index (χ0v) is 15.3. The predicted molar refractivity (Wildman–Crippen MR) is 105 cm³/mol. The van der Waals surface area contributed by atoms with Crippen molar-refractivity contribution in [3.05, 3.63) is 82.5 Å². The van der Waals surface area contributed by atoms with Gasteiger partial charge in [0.2, 0.25) is 0 Å². The summed E-state index contributed by atoms with van der Waals surface area (Å²) in [5.41, 5.74) is 8.92. The number of nitrogens with zero attached hydrogens (tertiary/aromatic N) is 2. The average molecular weight is 347 g/mol. The third-order valence-electron chi connectivity index (χ3n) is 4.53. The van der Waals surface area contributed by atoms with E-state index >= 15 is 0 Å². The van der Waals surface area contributed by atoms with Crippen molar-refractivity contribution in [2.45, 2.75) is 20.8 Å². The smallest absolute Gasteiger partial charge is 0.0765 e. The molecule has 25 heavy (non-hydrogen) atoms. The van der Waals surface area contributed by atoms with Crippen LogP contribution in [0.3, 0.4) is 0 Å². The van der Waals surface area contributed by atoms with Crippen molar-refractivity contribution in [2.75, 3.05) is 0 Å². The molecule has 0 atom stereocenters. The molecule has 2 aromatic carbocycles. The lowest BCUT2D eigenvalue weighted by molar-refractivity contribution is 0.942. The minimum atomic E-state index is 0.720. The lowest BCUT2D eigenvalue weighted by atomic mass is 10.0. The van der Waals surface area contributed by atoms with E-state index < -0.39 is 0 Å². The Morgan fingerprint density at radius 1 is 0.800 bits per heavy atom. The summed E-state index contributed by atoms with van der Waals surface area (Å²) >= 11 is 6.47. The maximum atomic E-state index is 6.47. The standard InChI is InChI=1S/C22H19ClN2/c1-14-7-9-17(10-8-14)22-16(3)24-25-20(12-19(23)13-21(22)25)18-6-4-5-15(2)11-18/h4-13H,1-3H3. The Morgan fingerprint density at radius 2 is 1.56 bits per heavy atom. The number of hydrogen-bond acceptors (Lipinski definition) is 1. The van der Waals surface area contributed by atoms with Gasteiger partial charge in [0.05, 0.1) is 16.9 Å². The van der Waals surface area contributed by atoms with Gasteiger partial charge in [0, 0.05) is 16.1 Å². The first-order valence-electron chi connectivity index (χ1n) is 8.36. The van der Waals surface area contributed by atoms with Crippen LogP contribution in [0.4, 0.5) is 0 Å². The molecule has 0 fully saturated rings. The molecule has 4 rings (SSSR count). The summed E-state index contributed by atoms with van der Waals surface area (Å²) in [5, 5.41) is 5.54. The second-order valence-electron chi connectivity index (χ2n) is 6.55. The summed E-state index contributed by atoms with van der Waals surface area (Å²) in [5.74, 6) is 0. The highest BCUT2D eigenvalue weighted by Gasteiger charge is 2.15. The lowest BCUT2D eigenvalue weighted by Gasteiger charge is -2.08. The zero-order chi connectivity index (χ0) is 17.6. The number of aryl methyl sites for hydroxylation is 3. The first-order valence-corrected chi connectivity index (χ1v) is 8.74. The molecule has 0 amide bonds. The van der Waals surface area contributed by atoms with Gasteiger partial charge in [-0.3, -0.25) is 0 Å². The van der Waals surface area contributed by atoms with Crippen molar-refractivity contribution in [1.82, 2.24) is 9.61 Å². The zero-order valence-electron chi connectivity index (χ0n) is 14.5. The summed E-state index contributed by atoms with van der Waals surface area (Å²) in [7, 11) is 0. The van der Waals surface area contributed by atoms with Crippen molar-refractivity contribution >= 4 is 17.1 Å². The number of rotatable bonds is 2. The quantitative estimate of drug-likeness (QED) is 0.419. The van der Waals surface area contributed by atoms with E-state index in [4.69, 9.17) is 16.7 Å². The molecule has 0 spiro atoms. The molecule has 0 saturated heterocycles. The molecular weight excluding hydrogens is 328 g/mol. The summed E-state index contributed by atoms with van der Waals surface area (Å²) in [4.78, 5) is 0. The van der Waals surface area contributed by atoms with E-state index in [0.29, 0.717) is 0 Å². The second-order valence-corrected chi connectivity index (χ2v) is 6.99. The number of pyridine rings is 1. The number of fused-ring (bicyclic) bond motifs is 1. The molecule has 0 N–H and O–H groups in total. The van der Waals surface area contributed by atoms with Crippen LogP contribution in [0.2, 0.25) is 5.02 Å². The van der Waals surface area contributed by atoms with Crippen LogP contribution in [0, 0.1) is 20.8 Å². The van der Waals surface area contributed by atoms with Gasteiger partial charge in [-0.25, -0.2) is 4.52 Å². The van der Waals surface area contributed by atoms with Crippen LogP contribution in [0.1, 0.15) is 16.8 Å². The fourth-order valence-electron chi connectivity index (χ4n) is 3.31. The topological polar surface area (TPSA) is 17.3 Å². The van der Waals surface area contributed by atoms with Crippen LogP contribution >= 0.6 is 11.6 Å². The van der Waals surface area contributed by atoms with E-state index in [0.717, 1.165) is 38.6 Å². The molecule has 0 radical (unpaired) electrons. The fourth-order valence-corrected chi connectivity index (χ4v) is 3.52. The molecule has 2 nitrogen and oxygen atoms in total. The van der Waals surface area contributed by atoms with Crippen LogP contribution in [-0.2, 0) is 0 Å². The second kappa shape index (κ2) is 6.05. The Balaban J connectivity index is 2.02. The monoisotopic (exact) mass is 346 g/mol. The minimum absolute atomic E-state index is 0.720. The van der Waals surface area contributed by atoms with Gasteiger partial charge in [-0.05, 0) is 44.5 Å². The Bertz CT molecular complexity index is 1080. The van der Waals surface area contributed by atoms with Gasteiger partial charge in [-0.2, -0.15) is 5.10 Å². The van der Waals surface area contributed by atoms with E-state index in [1.54, 1.807) is 0 Å². The Morgan fingerprint density at radius 3 is 2.28 bits per heavy atom. The van der Waals surface area contributed by atoms with Crippen LogP contribution in [0.15, 0.2) is 60.7 Å². The number of hydrogen-bond donors (Lipinski definition) is 0. The van der Waals surface area contributed by atoms with Gasteiger partial charge < -0.3 is 0 Å². The normalized spacial score (nSPS) is 11.2. The Labute approximate surface area is 152 Å². The van der Waals surface area contributed by atoms with Crippen molar-refractivity contribution < 1.29 is 0 Å². The molecule has 0 aliphatic heterocycles. The molecule has 3 heteroatoms. The molecule has 0 aliphatic carbocycles. The SMILES string of the molecule is Cc1ccc(-c2c(C)nn3c(-c4cccc(C)c4)cc(Cl)cc23)cc1. The van der Waals surface area contributed by atoms with Gasteiger partial charge in [0.15, 0.2) is 0 Å². The number of aromatic nitrogens is 2. The first-order chi connectivity index (χ1) is 12.0. The highest BCUT2D eigenvalue weighted by atomic mass is 35.5.